The van der Waals surface area contributed by atoms with Gasteiger partial charge in [-0.2, -0.15) is 0 Å². The molecule has 1 aromatic carbocycles. The maximum absolute atomic E-state index is 12.6. The Labute approximate surface area is 151 Å². The first-order valence-electron chi connectivity index (χ1n) is 8.35. The Balaban J connectivity index is 1.64. The molecule has 26 heavy (non-hydrogen) atoms. The third kappa shape index (κ3) is 4.14. The topological polar surface area (TPSA) is 98.6 Å². The number of benzene rings is 1. The quantitative estimate of drug-likeness (QED) is 0.582. The van der Waals surface area contributed by atoms with Gasteiger partial charge < -0.3 is 24.1 Å². The Morgan fingerprint density at radius 3 is 3.04 bits per heavy atom. The number of carbonyl (C=O) groups excluding carboxylic acids is 1. The molecule has 0 saturated carbocycles. The molecule has 3 rings (SSSR count). The number of hydrogen-bond donors (Lipinski definition) is 2. The van der Waals surface area contributed by atoms with E-state index in [1.807, 2.05) is 13.0 Å². The van der Waals surface area contributed by atoms with Crippen molar-refractivity contribution in [2.75, 3.05) is 13.4 Å². The fraction of sp³-hybridized carbons (Fsp3) is 0.444. The summed E-state index contributed by atoms with van der Waals surface area (Å²) in [6.45, 7) is 4.02. The minimum Gasteiger partial charge on any atom is -0.500 e. The van der Waals surface area contributed by atoms with Crippen LogP contribution in [0.15, 0.2) is 35.5 Å². The Bertz CT molecular complexity index is 718. The van der Waals surface area contributed by atoms with Gasteiger partial charge in [-0.3, -0.25) is 10.1 Å². The lowest BCUT2D eigenvalue weighted by atomic mass is 9.94. The number of nitrogens with one attached hydrogen (secondary N) is 1. The van der Waals surface area contributed by atoms with Crippen LogP contribution in [0.1, 0.15) is 19.4 Å². The van der Waals surface area contributed by atoms with Crippen LogP contribution in [0.2, 0.25) is 0 Å². The van der Waals surface area contributed by atoms with Crippen molar-refractivity contribution in [1.29, 1.82) is 0 Å². The fourth-order valence-electron chi connectivity index (χ4n) is 2.90. The standard InChI is InChI=1S/C18H22N2O6/c1-3-6-23-9-13-16(11(2)19-18(22)20-13)17(21)24-8-12-4-5-14-15(7-12)26-10-25-14/h3-7,13,16,18,20,22H,8-10H2,1-2H3. The maximum atomic E-state index is 12.6. The van der Waals surface area contributed by atoms with Crippen LogP contribution >= 0.6 is 0 Å². The van der Waals surface area contributed by atoms with E-state index in [2.05, 4.69) is 10.3 Å². The minimum absolute atomic E-state index is 0.101. The van der Waals surface area contributed by atoms with Gasteiger partial charge in [-0.05, 0) is 31.5 Å². The molecule has 8 heteroatoms. The molecular formula is C18H22N2O6. The molecule has 2 N–H and O–H groups in total. The predicted octanol–water partition coefficient (Wildman–Crippen LogP) is 1.33. The highest BCUT2D eigenvalue weighted by molar-refractivity contribution is 6.02. The van der Waals surface area contributed by atoms with Gasteiger partial charge >= 0.3 is 5.97 Å². The number of fused-ring (bicyclic) bond motifs is 1. The molecule has 8 nitrogen and oxygen atoms in total. The Kier molecular flexibility index (Phi) is 5.75. The van der Waals surface area contributed by atoms with Crippen LogP contribution in [-0.4, -0.2) is 42.6 Å². The number of esters is 1. The van der Waals surface area contributed by atoms with Gasteiger partial charge in [-0.25, -0.2) is 4.99 Å². The van der Waals surface area contributed by atoms with Crippen molar-refractivity contribution in [3.05, 3.63) is 36.1 Å². The zero-order valence-electron chi connectivity index (χ0n) is 14.7. The van der Waals surface area contributed by atoms with Crippen molar-refractivity contribution < 1.29 is 28.8 Å². The van der Waals surface area contributed by atoms with E-state index in [0.29, 0.717) is 17.2 Å². The SMILES string of the molecule is CC=COCC1NC(O)N=C(C)C1C(=O)OCc1ccc2c(c1)OCO2. The average Bonchev–Trinajstić information content (AvgIpc) is 3.07. The number of hydrogen-bond acceptors (Lipinski definition) is 8. The lowest BCUT2D eigenvalue weighted by Crippen LogP contribution is -2.54. The number of ether oxygens (including phenoxy) is 4. The highest BCUT2D eigenvalue weighted by atomic mass is 16.7. The summed E-state index contributed by atoms with van der Waals surface area (Å²) in [4.78, 5) is 16.6. The summed E-state index contributed by atoms with van der Waals surface area (Å²) in [7, 11) is 0. The van der Waals surface area contributed by atoms with E-state index in [0.717, 1.165) is 5.56 Å². The fourth-order valence-corrected chi connectivity index (χ4v) is 2.90. The van der Waals surface area contributed by atoms with E-state index in [4.69, 9.17) is 18.9 Å². The van der Waals surface area contributed by atoms with E-state index in [-0.39, 0.29) is 20.0 Å². The third-order valence-electron chi connectivity index (χ3n) is 4.12. The summed E-state index contributed by atoms with van der Waals surface area (Å²) in [6, 6.07) is 4.94. The van der Waals surface area contributed by atoms with E-state index in [9.17, 15) is 9.90 Å². The van der Waals surface area contributed by atoms with Crippen molar-refractivity contribution >= 4 is 11.7 Å². The van der Waals surface area contributed by atoms with E-state index < -0.39 is 24.3 Å². The highest BCUT2D eigenvalue weighted by Gasteiger charge is 2.37. The molecule has 0 spiro atoms. The molecule has 0 fully saturated rings. The first kappa shape index (κ1) is 18.2. The molecule has 2 aliphatic rings. The number of allylic oxidation sites excluding steroid dienone is 1. The average molecular weight is 362 g/mol. The van der Waals surface area contributed by atoms with E-state index in [1.54, 1.807) is 25.1 Å². The molecule has 140 valence electrons. The van der Waals surface area contributed by atoms with Crippen LogP contribution in [0.5, 0.6) is 11.5 Å². The van der Waals surface area contributed by atoms with Crippen molar-refractivity contribution in [1.82, 2.24) is 5.32 Å². The molecule has 2 heterocycles. The van der Waals surface area contributed by atoms with Gasteiger partial charge in [0.25, 0.3) is 0 Å². The summed E-state index contributed by atoms with van der Waals surface area (Å²) < 4.78 is 21.4. The molecule has 3 atom stereocenters. The summed E-state index contributed by atoms with van der Waals surface area (Å²) >= 11 is 0. The normalized spacial score (nSPS) is 24.4. The second-order valence-corrected chi connectivity index (χ2v) is 5.99. The van der Waals surface area contributed by atoms with Crippen LogP contribution in [0, 0.1) is 5.92 Å². The largest absolute Gasteiger partial charge is 0.500 e. The van der Waals surface area contributed by atoms with Gasteiger partial charge in [-0.1, -0.05) is 12.1 Å². The van der Waals surface area contributed by atoms with Gasteiger partial charge in [0.15, 0.2) is 11.5 Å². The van der Waals surface area contributed by atoms with Crippen molar-refractivity contribution in [2.24, 2.45) is 10.9 Å². The van der Waals surface area contributed by atoms with Gasteiger partial charge in [0, 0.05) is 5.71 Å². The van der Waals surface area contributed by atoms with E-state index in [1.165, 1.54) is 6.26 Å². The summed E-state index contributed by atoms with van der Waals surface area (Å²) in [5.74, 6) is 0.237. The van der Waals surface area contributed by atoms with Crippen LogP contribution in [0.4, 0.5) is 0 Å². The lowest BCUT2D eigenvalue weighted by Gasteiger charge is -2.31. The molecule has 0 radical (unpaired) electrons. The second kappa shape index (κ2) is 8.20. The smallest absolute Gasteiger partial charge is 0.316 e. The molecule has 0 bridgehead atoms. The first-order valence-corrected chi connectivity index (χ1v) is 8.35. The Hall–Kier alpha value is -2.58. The van der Waals surface area contributed by atoms with Crippen molar-refractivity contribution in [3.63, 3.8) is 0 Å². The summed E-state index contributed by atoms with van der Waals surface area (Å²) in [6.07, 6.45) is 2.21. The summed E-state index contributed by atoms with van der Waals surface area (Å²) in [5.41, 5.74) is 1.30. The van der Waals surface area contributed by atoms with Gasteiger partial charge in [0.2, 0.25) is 13.1 Å². The number of nitrogens with zero attached hydrogens (tertiary/aromatic N) is 1. The molecule has 0 saturated heterocycles. The number of carbonyl (C=O) groups is 1. The number of aliphatic hydroxyl groups excluding tert-OH is 1. The highest BCUT2D eigenvalue weighted by Crippen LogP contribution is 2.32. The number of aliphatic imine (C=N–C) groups is 1. The number of rotatable bonds is 6. The van der Waals surface area contributed by atoms with Gasteiger partial charge in [-0.15, -0.1) is 0 Å². The Morgan fingerprint density at radius 1 is 1.42 bits per heavy atom. The predicted molar refractivity (Wildman–Crippen MR) is 92.7 cm³/mol. The third-order valence-corrected chi connectivity index (χ3v) is 4.12. The molecule has 0 amide bonds. The van der Waals surface area contributed by atoms with Crippen molar-refractivity contribution in [2.45, 2.75) is 32.8 Å². The van der Waals surface area contributed by atoms with Crippen LogP contribution in [0.25, 0.3) is 0 Å². The summed E-state index contributed by atoms with van der Waals surface area (Å²) in [5, 5.41) is 12.6. The molecule has 1 aromatic rings. The molecular weight excluding hydrogens is 340 g/mol. The molecule has 3 unspecified atom stereocenters. The van der Waals surface area contributed by atoms with Crippen molar-refractivity contribution in [3.8, 4) is 11.5 Å². The number of aliphatic hydroxyl groups is 1. The first-order chi connectivity index (χ1) is 12.6. The molecule has 0 aliphatic carbocycles. The zero-order chi connectivity index (χ0) is 18.5. The van der Waals surface area contributed by atoms with Crippen LogP contribution in [0.3, 0.4) is 0 Å². The molecule has 0 aromatic heterocycles. The second-order valence-electron chi connectivity index (χ2n) is 5.99. The minimum atomic E-state index is -1.06. The molecule has 2 aliphatic heterocycles. The Morgan fingerprint density at radius 2 is 2.23 bits per heavy atom. The van der Waals surface area contributed by atoms with Gasteiger partial charge in [0.1, 0.15) is 19.1 Å². The van der Waals surface area contributed by atoms with Gasteiger partial charge in [0.05, 0.1) is 12.3 Å². The monoisotopic (exact) mass is 362 g/mol. The van der Waals surface area contributed by atoms with Crippen LogP contribution in [-0.2, 0) is 20.9 Å². The zero-order valence-corrected chi connectivity index (χ0v) is 14.7. The lowest BCUT2D eigenvalue weighted by molar-refractivity contribution is -0.149. The van der Waals surface area contributed by atoms with Crippen LogP contribution < -0.4 is 14.8 Å². The van der Waals surface area contributed by atoms with E-state index >= 15 is 0 Å². The maximum Gasteiger partial charge on any atom is 0.316 e.